The summed E-state index contributed by atoms with van der Waals surface area (Å²) in [7, 11) is 0. The first-order valence-corrected chi connectivity index (χ1v) is 7.80. The van der Waals surface area contributed by atoms with Gasteiger partial charge in [-0.15, -0.1) is 0 Å². The molecule has 1 aromatic carbocycles. The zero-order chi connectivity index (χ0) is 15.1. The van der Waals surface area contributed by atoms with Gasteiger partial charge in [-0.05, 0) is 24.5 Å². The Morgan fingerprint density at radius 1 is 1.33 bits per heavy atom. The van der Waals surface area contributed by atoms with E-state index in [1.807, 2.05) is 0 Å². The van der Waals surface area contributed by atoms with E-state index >= 15 is 0 Å². The number of nitro groups is 1. The number of nitrogens with zero attached hydrogens (tertiary/aromatic N) is 1. The molecule has 0 amide bonds. The standard InChI is InChI=1S/C15H21ClN2O3/c16-14-7-6-12(10-15(14)18(19)20)11-17-8-9-21-13-4-2-1-3-5-13/h6-7,10,13,17H,1-5,8-9,11H2. The maximum atomic E-state index is 10.8. The Morgan fingerprint density at radius 2 is 2.10 bits per heavy atom. The van der Waals surface area contributed by atoms with Crippen molar-refractivity contribution >= 4 is 17.3 Å². The number of ether oxygens (including phenoxy) is 1. The summed E-state index contributed by atoms with van der Waals surface area (Å²) < 4.78 is 5.81. The van der Waals surface area contributed by atoms with Crippen LogP contribution < -0.4 is 5.32 Å². The van der Waals surface area contributed by atoms with Crippen LogP contribution in [-0.2, 0) is 11.3 Å². The van der Waals surface area contributed by atoms with Gasteiger partial charge in [-0.3, -0.25) is 10.1 Å². The third kappa shape index (κ3) is 5.26. The van der Waals surface area contributed by atoms with Crippen molar-refractivity contribution in [2.45, 2.75) is 44.8 Å². The van der Waals surface area contributed by atoms with Crippen LogP contribution in [-0.4, -0.2) is 24.2 Å². The monoisotopic (exact) mass is 312 g/mol. The maximum absolute atomic E-state index is 10.8. The molecule has 21 heavy (non-hydrogen) atoms. The minimum Gasteiger partial charge on any atom is -0.377 e. The average Bonchev–Trinajstić information content (AvgIpc) is 2.49. The lowest BCUT2D eigenvalue weighted by atomic mass is 9.98. The van der Waals surface area contributed by atoms with Gasteiger partial charge in [-0.25, -0.2) is 0 Å². The quantitative estimate of drug-likeness (QED) is 0.474. The molecule has 5 nitrogen and oxygen atoms in total. The summed E-state index contributed by atoms with van der Waals surface area (Å²) in [4.78, 5) is 10.3. The van der Waals surface area contributed by atoms with Crippen molar-refractivity contribution in [1.29, 1.82) is 0 Å². The fourth-order valence-electron chi connectivity index (χ4n) is 2.57. The molecule has 116 valence electrons. The van der Waals surface area contributed by atoms with Crippen LogP contribution in [0, 0.1) is 10.1 Å². The van der Waals surface area contributed by atoms with Crippen molar-refractivity contribution in [3.05, 3.63) is 38.9 Å². The highest BCUT2D eigenvalue weighted by Gasteiger charge is 2.14. The van der Waals surface area contributed by atoms with Crippen molar-refractivity contribution < 1.29 is 9.66 Å². The molecule has 0 bridgehead atoms. The predicted octanol–water partition coefficient (Wildman–Crippen LogP) is 3.69. The fraction of sp³-hybridized carbons (Fsp3) is 0.600. The third-order valence-corrected chi connectivity index (χ3v) is 4.04. The van der Waals surface area contributed by atoms with Gasteiger partial charge < -0.3 is 10.1 Å². The van der Waals surface area contributed by atoms with E-state index in [4.69, 9.17) is 16.3 Å². The van der Waals surface area contributed by atoms with Crippen LogP contribution >= 0.6 is 11.6 Å². The van der Waals surface area contributed by atoms with Crippen LogP contribution in [0.1, 0.15) is 37.7 Å². The number of nitrogens with one attached hydrogen (secondary N) is 1. The largest absolute Gasteiger partial charge is 0.377 e. The lowest BCUT2D eigenvalue weighted by Gasteiger charge is -2.22. The molecule has 0 aliphatic heterocycles. The number of benzene rings is 1. The zero-order valence-electron chi connectivity index (χ0n) is 12.0. The molecular formula is C15H21ClN2O3. The van der Waals surface area contributed by atoms with E-state index in [1.165, 1.54) is 38.2 Å². The Labute approximate surface area is 129 Å². The van der Waals surface area contributed by atoms with Crippen LogP contribution in [0.2, 0.25) is 5.02 Å². The Bertz CT molecular complexity index is 476. The molecule has 0 aromatic heterocycles. The molecule has 0 saturated heterocycles. The molecule has 1 aromatic rings. The van der Waals surface area contributed by atoms with Crippen LogP contribution in [0.4, 0.5) is 5.69 Å². The van der Waals surface area contributed by atoms with Crippen molar-refractivity contribution in [3.63, 3.8) is 0 Å². The average molecular weight is 313 g/mol. The molecule has 0 spiro atoms. The summed E-state index contributed by atoms with van der Waals surface area (Å²) in [5, 5.41) is 14.2. The molecule has 1 fully saturated rings. The summed E-state index contributed by atoms with van der Waals surface area (Å²) in [5.41, 5.74) is 0.804. The highest BCUT2D eigenvalue weighted by molar-refractivity contribution is 6.32. The van der Waals surface area contributed by atoms with Gasteiger partial charge in [0.05, 0.1) is 17.6 Å². The van der Waals surface area contributed by atoms with E-state index in [1.54, 1.807) is 12.1 Å². The van der Waals surface area contributed by atoms with E-state index in [0.717, 1.165) is 12.1 Å². The predicted molar refractivity (Wildman–Crippen MR) is 82.6 cm³/mol. The van der Waals surface area contributed by atoms with E-state index in [0.29, 0.717) is 19.3 Å². The minimum absolute atomic E-state index is 0.0468. The second-order valence-electron chi connectivity index (χ2n) is 5.35. The van der Waals surface area contributed by atoms with Gasteiger partial charge in [0.2, 0.25) is 0 Å². The van der Waals surface area contributed by atoms with Crippen LogP contribution in [0.25, 0.3) is 0 Å². The van der Waals surface area contributed by atoms with Crippen molar-refractivity contribution in [2.24, 2.45) is 0 Å². The van der Waals surface area contributed by atoms with E-state index < -0.39 is 4.92 Å². The van der Waals surface area contributed by atoms with Gasteiger partial charge in [0.1, 0.15) is 5.02 Å². The maximum Gasteiger partial charge on any atom is 0.288 e. The Morgan fingerprint density at radius 3 is 2.81 bits per heavy atom. The summed E-state index contributed by atoms with van der Waals surface area (Å²) >= 11 is 5.78. The van der Waals surface area contributed by atoms with Crippen LogP contribution in [0.3, 0.4) is 0 Å². The lowest BCUT2D eigenvalue weighted by Crippen LogP contribution is -2.24. The third-order valence-electron chi connectivity index (χ3n) is 3.72. The van der Waals surface area contributed by atoms with Crippen LogP contribution in [0.5, 0.6) is 0 Å². The normalized spacial score (nSPS) is 16.0. The summed E-state index contributed by atoms with van der Waals surface area (Å²) in [6.45, 7) is 2.00. The van der Waals surface area contributed by atoms with Gasteiger partial charge in [0.25, 0.3) is 5.69 Å². The van der Waals surface area contributed by atoms with Gasteiger partial charge in [-0.2, -0.15) is 0 Å². The highest BCUT2D eigenvalue weighted by Crippen LogP contribution is 2.25. The molecule has 1 N–H and O–H groups in total. The molecule has 0 heterocycles. The van der Waals surface area contributed by atoms with Gasteiger partial charge in [0.15, 0.2) is 0 Å². The van der Waals surface area contributed by atoms with E-state index in [9.17, 15) is 10.1 Å². The Kier molecular flexibility index (Phi) is 6.42. The number of hydrogen-bond acceptors (Lipinski definition) is 4. The Balaban J connectivity index is 1.68. The van der Waals surface area contributed by atoms with E-state index in [-0.39, 0.29) is 10.7 Å². The second-order valence-corrected chi connectivity index (χ2v) is 5.76. The fourth-order valence-corrected chi connectivity index (χ4v) is 2.76. The van der Waals surface area contributed by atoms with Crippen molar-refractivity contribution in [1.82, 2.24) is 5.32 Å². The first kappa shape index (κ1) is 16.2. The summed E-state index contributed by atoms with van der Waals surface area (Å²) in [6.07, 6.45) is 6.62. The summed E-state index contributed by atoms with van der Waals surface area (Å²) in [6, 6.07) is 4.87. The summed E-state index contributed by atoms with van der Waals surface area (Å²) in [5.74, 6) is 0. The molecule has 0 unspecified atom stereocenters. The zero-order valence-corrected chi connectivity index (χ0v) is 12.8. The molecule has 2 rings (SSSR count). The van der Waals surface area contributed by atoms with Gasteiger partial charge in [0, 0.05) is 19.2 Å². The molecule has 1 aliphatic carbocycles. The second kappa shape index (κ2) is 8.32. The van der Waals surface area contributed by atoms with E-state index in [2.05, 4.69) is 5.32 Å². The smallest absolute Gasteiger partial charge is 0.288 e. The molecule has 0 atom stereocenters. The van der Waals surface area contributed by atoms with Crippen molar-refractivity contribution in [2.75, 3.05) is 13.2 Å². The minimum atomic E-state index is -0.460. The first-order valence-electron chi connectivity index (χ1n) is 7.42. The molecule has 0 radical (unpaired) electrons. The van der Waals surface area contributed by atoms with Gasteiger partial charge in [-0.1, -0.05) is 36.9 Å². The van der Waals surface area contributed by atoms with Crippen molar-refractivity contribution in [3.8, 4) is 0 Å². The Hall–Kier alpha value is -1.17. The number of rotatable bonds is 7. The van der Waals surface area contributed by atoms with Gasteiger partial charge >= 0.3 is 0 Å². The first-order chi connectivity index (χ1) is 10.2. The highest BCUT2D eigenvalue weighted by atomic mass is 35.5. The number of hydrogen-bond donors (Lipinski definition) is 1. The SMILES string of the molecule is O=[N+]([O-])c1cc(CNCCOC2CCCCC2)ccc1Cl. The molecule has 6 heteroatoms. The lowest BCUT2D eigenvalue weighted by molar-refractivity contribution is -0.384. The molecular weight excluding hydrogens is 292 g/mol. The molecule has 1 saturated carbocycles. The number of halogens is 1. The molecule has 1 aliphatic rings. The topological polar surface area (TPSA) is 64.4 Å². The number of nitro benzene ring substituents is 1. The van der Waals surface area contributed by atoms with Crippen LogP contribution in [0.15, 0.2) is 18.2 Å².